The van der Waals surface area contributed by atoms with Crippen LogP contribution in [0.5, 0.6) is 5.75 Å². The van der Waals surface area contributed by atoms with E-state index < -0.39 is 15.3 Å². The summed E-state index contributed by atoms with van der Waals surface area (Å²) in [7, 11) is -3.30. The minimum atomic E-state index is -3.30. The summed E-state index contributed by atoms with van der Waals surface area (Å²) in [6.07, 6.45) is 1.14. The predicted octanol–water partition coefficient (Wildman–Crippen LogP) is 1.11. The molecule has 0 fully saturated rings. The van der Waals surface area contributed by atoms with E-state index in [2.05, 4.69) is 4.72 Å². The molecule has 0 spiro atoms. The van der Waals surface area contributed by atoms with Crippen molar-refractivity contribution in [2.24, 2.45) is 5.73 Å². The molecule has 0 heterocycles. The quantitative estimate of drug-likeness (QED) is 0.666. The van der Waals surface area contributed by atoms with E-state index in [-0.39, 0.29) is 6.54 Å². The van der Waals surface area contributed by atoms with E-state index >= 15 is 0 Å². The number of sulfonamides is 1. The van der Waals surface area contributed by atoms with Gasteiger partial charge in [-0.15, -0.1) is 0 Å². The first kappa shape index (κ1) is 15.9. The fraction of sp³-hybridized carbons (Fsp3) is 0.538. The summed E-state index contributed by atoms with van der Waals surface area (Å²) in [5.41, 5.74) is 5.43. The Hall–Kier alpha value is -1.11. The summed E-state index contributed by atoms with van der Waals surface area (Å²) < 4.78 is 31.6. The maximum atomic E-state index is 11.8. The van der Waals surface area contributed by atoms with Gasteiger partial charge in [-0.3, -0.25) is 0 Å². The van der Waals surface area contributed by atoms with Crippen LogP contribution in [0.2, 0.25) is 0 Å². The van der Waals surface area contributed by atoms with Crippen LogP contribution < -0.4 is 15.2 Å². The topological polar surface area (TPSA) is 81.4 Å². The Morgan fingerprint density at radius 3 is 2.58 bits per heavy atom. The van der Waals surface area contributed by atoms with Crippen LogP contribution in [0.4, 0.5) is 0 Å². The second-order valence-corrected chi connectivity index (χ2v) is 6.27. The molecule has 0 saturated heterocycles. The molecule has 0 saturated carbocycles. The van der Waals surface area contributed by atoms with Crippen LogP contribution in [-0.4, -0.2) is 33.4 Å². The minimum Gasteiger partial charge on any atom is -0.494 e. The minimum absolute atomic E-state index is 0.145. The van der Waals surface area contributed by atoms with Crippen molar-refractivity contribution < 1.29 is 13.2 Å². The largest absolute Gasteiger partial charge is 0.494 e. The second-order valence-electron chi connectivity index (χ2n) is 4.22. The molecule has 1 atom stereocenters. The van der Waals surface area contributed by atoms with E-state index in [0.29, 0.717) is 26.0 Å². The van der Waals surface area contributed by atoms with Crippen LogP contribution in [0.15, 0.2) is 30.3 Å². The molecule has 0 aromatic heterocycles. The van der Waals surface area contributed by atoms with Crippen molar-refractivity contribution in [1.29, 1.82) is 0 Å². The summed E-state index contributed by atoms with van der Waals surface area (Å²) in [4.78, 5) is 0. The average Bonchev–Trinajstić information content (AvgIpc) is 2.40. The van der Waals surface area contributed by atoms with E-state index in [4.69, 9.17) is 10.5 Å². The molecular formula is C13H22N2O3S. The lowest BCUT2D eigenvalue weighted by molar-refractivity contribution is 0.311. The van der Waals surface area contributed by atoms with Gasteiger partial charge in [-0.25, -0.2) is 13.1 Å². The first-order valence-electron chi connectivity index (χ1n) is 6.46. The van der Waals surface area contributed by atoms with Gasteiger partial charge in [0.05, 0.1) is 11.9 Å². The van der Waals surface area contributed by atoms with Gasteiger partial charge in [0.25, 0.3) is 0 Å². The molecular weight excluding hydrogens is 264 g/mol. The SMILES string of the molecule is CCC(CN)S(=O)(=O)NCCCOc1ccccc1. The van der Waals surface area contributed by atoms with E-state index in [1.807, 2.05) is 37.3 Å². The Labute approximate surface area is 115 Å². The van der Waals surface area contributed by atoms with E-state index in [0.717, 1.165) is 5.75 Å². The number of hydrogen-bond donors (Lipinski definition) is 2. The standard InChI is InChI=1S/C13H22N2O3S/c1-2-13(11-14)19(16,17)15-9-6-10-18-12-7-4-3-5-8-12/h3-5,7-8,13,15H,2,6,9-11,14H2,1H3. The zero-order valence-electron chi connectivity index (χ0n) is 11.2. The Kier molecular flexibility index (Phi) is 6.83. The second kappa shape index (κ2) is 8.14. The van der Waals surface area contributed by atoms with Crippen LogP contribution in [-0.2, 0) is 10.0 Å². The van der Waals surface area contributed by atoms with Crippen molar-refractivity contribution in [1.82, 2.24) is 4.72 Å². The van der Waals surface area contributed by atoms with E-state index in [1.54, 1.807) is 0 Å². The van der Waals surface area contributed by atoms with Crippen molar-refractivity contribution in [3.63, 3.8) is 0 Å². The molecule has 0 aliphatic rings. The van der Waals surface area contributed by atoms with Crippen molar-refractivity contribution >= 4 is 10.0 Å². The Bertz CT molecular complexity index is 444. The number of hydrogen-bond acceptors (Lipinski definition) is 4. The molecule has 1 aromatic carbocycles. The van der Waals surface area contributed by atoms with Crippen LogP contribution in [0.1, 0.15) is 19.8 Å². The summed E-state index contributed by atoms with van der Waals surface area (Å²) in [6, 6.07) is 9.44. The molecule has 3 N–H and O–H groups in total. The predicted molar refractivity (Wildman–Crippen MR) is 76.6 cm³/mol. The summed E-state index contributed by atoms with van der Waals surface area (Å²) in [5.74, 6) is 0.791. The molecule has 0 aliphatic carbocycles. The van der Waals surface area contributed by atoms with Crippen LogP contribution in [0, 0.1) is 0 Å². The lowest BCUT2D eigenvalue weighted by Crippen LogP contribution is -2.39. The fourth-order valence-electron chi connectivity index (χ4n) is 1.62. The highest BCUT2D eigenvalue weighted by Gasteiger charge is 2.21. The molecule has 0 bridgehead atoms. The summed E-state index contributed by atoms with van der Waals surface area (Å²) in [6.45, 7) is 2.80. The Morgan fingerprint density at radius 1 is 1.32 bits per heavy atom. The number of rotatable bonds is 9. The molecule has 0 radical (unpaired) electrons. The third kappa shape index (κ3) is 5.59. The number of para-hydroxylation sites is 1. The molecule has 19 heavy (non-hydrogen) atoms. The van der Waals surface area contributed by atoms with Gasteiger partial charge in [-0.05, 0) is 25.0 Å². The lowest BCUT2D eigenvalue weighted by atomic mass is 10.3. The van der Waals surface area contributed by atoms with Gasteiger partial charge in [0.1, 0.15) is 5.75 Å². The zero-order chi connectivity index (χ0) is 14.1. The van der Waals surface area contributed by atoms with Crippen molar-refractivity contribution in [3.05, 3.63) is 30.3 Å². The van der Waals surface area contributed by atoms with Crippen molar-refractivity contribution in [3.8, 4) is 5.75 Å². The van der Waals surface area contributed by atoms with Gasteiger partial charge >= 0.3 is 0 Å². The zero-order valence-corrected chi connectivity index (χ0v) is 12.0. The number of nitrogens with one attached hydrogen (secondary N) is 1. The third-order valence-corrected chi connectivity index (χ3v) is 4.80. The van der Waals surface area contributed by atoms with Gasteiger partial charge in [-0.1, -0.05) is 25.1 Å². The first-order chi connectivity index (χ1) is 9.10. The molecule has 0 aliphatic heterocycles. The van der Waals surface area contributed by atoms with E-state index in [9.17, 15) is 8.42 Å². The van der Waals surface area contributed by atoms with Crippen molar-refractivity contribution in [2.45, 2.75) is 25.0 Å². The first-order valence-corrected chi connectivity index (χ1v) is 8.01. The Balaban J connectivity index is 2.24. The summed E-state index contributed by atoms with van der Waals surface area (Å²) >= 11 is 0. The van der Waals surface area contributed by atoms with E-state index in [1.165, 1.54) is 0 Å². The third-order valence-electron chi connectivity index (χ3n) is 2.79. The molecule has 1 aromatic rings. The van der Waals surface area contributed by atoms with Gasteiger partial charge < -0.3 is 10.5 Å². The molecule has 108 valence electrons. The Morgan fingerprint density at radius 2 is 2.00 bits per heavy atom. The van der Waals surface area contributed by atoms with Crippen molar-refractivity contribution in [2.75, 3.05) is 19.7 Å². The highest BCUT2D eigenvalue weighted by molar-refractivity contribution is 7.90. The van der Waals surface area contributed by atoms with Crippen LogP contribution in [0.3, 0.4) is 0 Å². The van der Waals surface area contributed by atoms with Crippen LogP contribution in [0.25, 0.3) is 0 Å². The molecule has 1 rings (SSSR count). The lowest BCUT2D eigenvalue weighted by Gasteiger charge is -2.14. The van der Waals surface area contributed by atoms with Gasteiger partial charge in [0, 0.05) is 13.1 Å². The molecule has 6 heteroatoms. The smallest absolute Gasteiger partial charge is 0.215 e. The molecule has 1 unspecified atom stereocenters. The maximum absolute atomic E-state index is 11.8. The monoisotopic (exact) mass is 286 g/mol. The number of nitrogens with two attached hydrogens (primary N) is 1. The van der Waals surface area contributed by atoms with Gasteiger partial charge in [0.15, 0.2) is 0 Å². The number of benzene rings is 1. The fourth-order valence-corrected chi connectivity index (χ4v) is 2.98. The summed E-state index contributed by atoms with van der Waals surface area (Å²) in [5, 5.41) is -0.512. The highest BCUT2D eigenvalue weighted by atomic mass is 32.2. The normalized spacial score (nSPS) is 13.2. The van der Waals surface area contributed by atoms with Gasteiger partial charge in [0.2, 0.25) is 10.0 Å². The maximum Gasteiger partial charge on any atom is 0.215 e. The molecule has 0 amide bonds. The average molecular weight is 286 g/mol. The number of ether oxygens (including phenoxy) is 1. The highest BCUT2D eigenvalue weighted by Crippen LogP contribution is 2.08. The molecule has 5 nitrogen and oxygen atoms in total. The van der Waals surface area contributed by atoms with Gasteiger partial charge in [-0.2, -0.15) is 0 Å². The van der Waals surface area contributed by atoms with Crippen LogP contribution >= 0.6 is 0 Å².